The SMILES string of the molecule is Fc1cncc(F)c1NCCc1ccc2ncsc2c1. The summed E-state index contributed by atoms with van der Waals surface area (Å²) in [6, 6.07) is 5.98. The van der Waals surface area contributed by atoms with Gasteiger partial charge in [0.15, 0.2) is 11.6 Å². The number of halogens is 2. The zero-order chi connectivity index (χ0) is 13.9. The lowest BCUT2D eigenvalue weighted by molar-refractivity contribution is 0.578. The van der Waals surface area contributed by atoms with Gasteiger partial charge in [0, 0.05) is 6.54 Å². The Morgan fingerprint density at radius 3 is 2.75 bits per heavy atom. The molecule has 1 aromatic carbocycles. The van der Waals surface area contributed by atoms with Gasteiger partial charge in [-0.3, -0.25) is 4.98 Å². The molecule has 0 spiro atoms. The van der Waals surface area contributed by atoms with Crippen LogP contribution < -0.4 is 5.32 Å². The van der Waals surface area contributed by atoms with Crippen LogP contribution in [0.15, 0.2) is 36.1 Å². The van der Waals surface area contributed by atoms with E-state index in [9.17, 15) is 8.78 Å². The van der Waals surface area contributed by atoms with Gasteiger partial charge in [-0.25, -0.2) is 13.8 Å². The van der Waals surface area contributed by atoms with E-state index in [0.29, 0.717) is 13.0 Å². The molecule has 0 fully saturated rings. The number of nitrogens with zero attached hydrogens (tertiary/aromatic N) is 2. The Morgan fingerprint density at radius 2 is 1.95 bits per heavy atom. The van der Waals surface area contributed by atoms with Gasteiger partial charge in [0.1, 0.15) is 5.69 Å². The number of hydrogen-bond donors (Lipinski definition) is 1. The molecule has 0 bridgehead atoms. The van der Waals surface area contributed by atoms with E-state index < -0.39 is 11.6 Å². The van der Waals surface area contributed by atoms with Gasteiger partial charge in [-0.05, 0) is 24.1 Å². The molecule has 0 radical (unpaired) electrons. The van der Waals surface area contributed by atoms with Gasteiger partial charge in [0.25, 0.3) is 0 Å². The van der Waals surface area contributed by atoms with E-state index in [1.807, 2.05) is 18.2 Å². The van der Waals surface area contributed by atoms with Crippen molar-refractivity contribution in [1.82, 2.24) is 9.97 Å². The number of thiazole rings is 1. The van der Waals surface area contributed by atoms with Crippen molar-refractivity contribution in [3.8, 4) is 0 Å². The lowest BCUT2D eigenvalue weighted by Gasteiger charge is -2.08. The highest BCUT2D eigenvalue weighted by atomic mass is 32.1. The van der Waals surface area contributed by atoms with E-state index in [-0.39, 0.29) is 5.69 Å². The van der Waals surface area contributed by atoms with E-state index in [0.717, 1.165) is 28.2 Å². The van der Waals surface area contributed by atoms with Crippen LogP contribution in [0.3, 0.4) is 0 Å². The fourth-order valence-corrected chi connectivity index (χ4v) is 2.71. The third-order valence-corrected chi connectivity index (χ3v) is 3.76. The lowest BCUT2D eigenvalue weighted by atomic mass is 10.1. The van der Waals surface area contributed by atoms with Crippen molar-refractivity contribution >= 4 is 27.2 Å². The fourth-order valence-electron chi connectivity index (χ4n) is 1.97. The summed E-state index contributed by atoms with van der Waals surface area (Å²) >= 11 is 1.58. The summed E-state index contributed by atoms with van der Waals surface area (Å²) in [7, 11) is 0. The fraction of sp³-hybridized carbons (Fsp3) is 0.143. The normalized spacial score (nSPS) is 10.9. The van der Waals surface area contributed by atoms with E-state index in [2.05, 4.69) is 15.3 Å². The summed E-state index contributed by atoms with van der Waals surface area (Å²) in [5, 5.41) is 2.77. The predicted molar refractivity (Wildman–Crippen MR) is 76.0 cm³/mol. The third kappa shape index (κ3) is 2.60. The molecule has 6 heteroatoms. The van der Waals surface area contributed by atoms with Crippen LogP contribution in [0.25, 0.3) is 10.2 Å². The number of fused-ring (bicyclic) bond motifs is 1. The summed E-state index contributed by atoms with van der Waals surface area (Å²) in [5.41, 5.74) is 3.75. The Balaban J connectivity index is 1.67. The van der Waals surface area contributed by atoms with Crippen LogP contribution in [-0.4, -0.2) is 16.5 Å². The van der Waals surface area contributed by atoms with Crippen LogP contribution in [0, 0.1) is 11.6 Å². The zero-order valence-electron chi connectivity index (χ0n) is 10.4. The van der Waals surface area contributed by atoms with Crippen molar-refractivity contribution in [2.75, 3.05) is 11.9 Å². The number of anilines is 1. The Hall–Kier alpha value is -2.08. The monoisotopic (exact) mass is 291 g/mol. The Morgan fingerprint density at radius 1 is 1.15 bits per heavy atom. The number of rotatable bonds is 4. The maximum atomic E-state index is 13.4. The first-order valence-corrected chi connectivity index (χ1v) is 6.97. The van der Waals surface area contributed by atoms with E-state index in [1.165, 1.54) is 0 Å². The number of pyridine rings is 1. The quantitative estimate of drug-likeness (QED) is 0.797. The zero-order valence-corrected chi connectivity index (χ0v) is 11.3. The van der Waals surface area contributed by atoms with Gasteiger partial charge < -0.3 is 5.32 Å². The molecule has 3 aromatic rings. The molecular formula is C14H11F2N3S. The second-order valence-corrected chi connectivity index (χ2v) is 5.20. The average Bonchev–Trinajstić information content (AvgIpc) is 2.89. The molecule has 2 aromatic heterocycles. The highest BCUT2D eigenvalue weighted by molar-refractivity contribution is 7.16. The number of nitrogens with one attached hydrogen (secondary N) is 1. The molecule has 3 rings (SSSR count). The van der Waals surface area contributed by atoms with Gasteiger partial charge >= 0.3 is 0 Å². The van der Waals surface area contributed by atoms with Gasteiger partial charge in [-0.15, -0.1) is 11.3 Å². The Labute approximate surface area is 118 Å². The molecule has 0 aliphatic heterocycles. The van der Waals surface area contributed by atoms with Crippen molar-refractivity contribution in [2.24, 2.45) is 0 Å². The van der Waals surface area contributed by atoms with Crippen LogP contribution in [-0.2, 0) is 6.42 Å². The highest BCUT2D eigenvalue weighted by Crippen LogP contribution is 2.20. The van der Waals surface area contributed by atoms with Gasteiger partial charge in [0.2, 0.25) is 0 Å². The smallest absolute Gasteiger partial charge is 0.167 e. The maximum Gasteiger partial charge on any atom is 0.167 e. The van der Waals surface area contributed by atoms with E-state index in [4.69, 9.17) is 0 Å². The van der Waals surface area contributed by atoms with Crippen molar-refractivity contribution in [1.29, 1.82) is 0 Å². The molecule has 102 valence electrons. The molecule has 0 saturated heterocycles. The van der Waals surface area contributed by atoms with Crippen molar-refractivity contribution in [2.45, 2.75) is 6.42 Å². The molecule has 0 atom stereocenters. The molecule has 0 aliphatic carbocycles. The topological polar surface area (TPSA) is 37.8 Å². The molecule has 20 heavy (non-hydrogen) atoms. The molecule has 1 N–H and O–H groups in total. The Bertz CT molecular complexity index is 722. The molecule has 3 nitrogen and oxygen atoms in total. The van der Waals surface area contributed by atoms with Gasteiger partial charge in [0.05, 0.1) is 28.1 Å². The predicted octanol–water partition coefficient (Wildman–Crippen LogP) is 3.62. The van der Waals surface area contributed by atoms with E-state index >= 15 is 0 Å². The van der Waals surface area contributed by atoms with Crippen LogP contribution in [0.2, 0.25) is 0 Å². The van der Waals surface area contributed by atoms with Crippen LogP contribution in [0.4, 0.5) is 14.5 Å². The first-order chi connectivity index (χ1) is 9.74. The van der Waals surface area contributed by atoms with Crippen molar-refractivity contribution in [3.05, 3.63) is 53.3 Å². The maximum absolute atomic E-state index is 13.4. The van der Waals surface area contributed by atoms with E-state index in [1.54, 1.807) is 16.8 Å². The highest BCUT2D eigenvalue weighted by Gasteiger charge is 2.08. The average molecular weight is 291 g/mol. The number of hydrogen-bond acceptors (Lipinski definition) is 4. The van der Waals surface area contributed by atoms with Gasteiger partial charge in [-0.2, -0.15) is 0 Å². The van der Waals surface area contributed by atoms with Crippen LogP contribution >= 0.6 is 11.3 Å². The minimum Gasteiger partial charge on any atom is -0.380 e. The molecule has 0 saturated carbocycles. The number of benzene rings is 1. The summed E-state index contributed by atoms with van der Waals surface area (Å²) in [5.74, 6) is -1.36. The van der Waals surface area contributed by atoms with Crippen LogP contribution in [0.5, 0.6) is 0 Å². The largest absolute Gasteiger partial charge is 0.380 e. The summed E-state index contributed by atoms with van der Waals surface area (Å²) in [6.45, 7) is 0.447. The summed E-state index contributed by atoms with van der Waals surface area (Å²) < 4.78 is 27.9. The second-order valence-electron chi connectivity index (χ2n) is 4.31. The summed E-state index contributed by atoms with van der Waals surface area (Å²) in [4.78, 5) is 7.65. The molecule has 2 heterocycles. The second kappa shape index (κ2) is 5.50. The molecular weight excluding hydrogens is 280 g/mol. The third-order valence-electron chi connectivity index (χ3n) is 2.96. The first kappa shape index (κ1) is 12.9. The standard InChI is InChI=1S/C14H11F2N3S/c15-10-6-17-7-11(16)14(10)18-4-3-9-1-2-12-13(5-9)20-8-19-12/h1-2,5-8H,3-4H2,(H,17,18). The first-order valence-electron chi connectivity index (χ1n) is 6.09. The van der Waals surface area contributed by atoms with Crippen molar-refractivity contribution < 1.29 is 8.78 Å². The minimum atomic E-state index is -0.678. The number of aromatic nitrogens is 2. The molecule has 0 amide bonds. The lowest BCUT2D eigenvalue weighted by Crippen LogP contribution is -2.08. The van der Waals surface area contributed by atoms with Crippen molar-refractivity contribution in [3.63, 3.8) is 0 Å². The summed E-state index contributed by atoms with van der Waals surface area (Å²) in [6.07, 6.45) is 2.67. The molecule has 0 aliphatic rings. The van der Waals surface area contributed by atoms with Crippen LogP contribution in [0.1, 0.15) is 5.56 Å². The Kier molecular flexibility index (Phi) is 3.56. The molecule has 0 unspecified atom stereocenters. The minimum absolute atomic E-state index is 0.126. The van der Waals surface area contributed by atoms with Gasteiger partial charge in [-0.1, -0.05) is 6.07 Å².